The average molecular weight is 262 g/mol. The zero-order valence-electron chi connectivity index (χ0n) is 12.4. The van der Waals surface area contributed by atoms with Crippen LogP contribution in [0.3, 0.4) is 0 Å². The number of hydrogen-bond acceptors (Lipinski definition) is 3. The fraction of sp³-hybridized carbons (Fsp3) is 0.625. The topological polar surface area (TPSA) is 38.5 Å². The second-order valence-electron chi connectivity index (χ2n) is 5.83. The standard InChI is InChI=1S/C16H26N2O/c1-4-19-14-9-7-13(8-10-14)15(17)16(2,3)18-11-5-6-12-18/h7-10,15H,4-6,11-12,17H2,1-3H3. The van der Waals surface area contributed by atoms with E-state index in [-0.39, 0.29) is 11.6 Å². The smallest absolute Gasteiger partial charge is 0.119 e. The summed E-state index contributed by atoms with van der Waals surface area (Å²) in [4.78, 5) is 2.51. The van der Waals surface area contributed by atoms with Gasteiger partial charge in [-0.15, -0.1) is 0 Å². The lowest BCUT2D eigenvalue weighted by Crippen LogP contribution is -2.49. The Hall–Kier alpha value is -1.06. The van der Waals surface area contributed by atoms with E-state index in [1.165, 1.54) is 18.4 Å². The molecule has 0 bridgehead atoms. The van der Waals surface area contributed by atoms with Gasteiger partial charge in [0, 0.05) is 11.6 Å². The van der Waals surface area contributed by atoms with E-state index in [0.29, 0.717) is 6.61 Å². The summed E-state index contributed by atoms with van der Waals surface area (Å²) in [5.41, 5.74) is 7.68. The Morgan fingerprint density at radius 1 is 1.21 bits per heavy atom. The third kappa shape index (κ3) is 3.10. The van der Waals surface area contributed by atoms with Crippen LogP contribution in [-0.2, 0) is 0 Å². The van der Waals surface area contributed by atoms with Crippen LogP contribution in [0.4, 0.5) is 0 Å². The molecule has 1 aromatic carbocycles. The van der Waals surface area contributed by atoms with Gasteiger partial charge in [-0.1, -0.05) is 12.1 Å². The van der Waals surface area contributed by atoms with Crippen molar-refractivity contribution in [1.29, 1.82) is 0 Å². The molecule has 2 rings (SSSR count). The van der Waals surface area contributed by atoms with E-state index >= 15 is 0 Å². The Bertz CT molecular complexity index is 394. The van der Waals surface area contributed by atoms with Gasteiger partial charge in [0.05, 0.1) is 6.61 Å². The highest BCUT2D eigenvalue weighted by molar-refractivity contribution is 5.30. The van der Waals surface area contributed by atoms with Gasteiger partial charge >= 0.3 is 0 Å². The van der Waals surface area contributed by atoms with Crippen molar-refractivity contribution in [3.8, 4) is 5.75 Å². The molecule has 19 heavy (non-hydrogen) atoms. The maximum absolute atomic E-state index is 6.49. The van der Waals surface area contributed by atoms with E-state index in [0.717, 1.165) is 18.8 Å². The molecule has 0 radical (unpaired) electrons. The third-order valence-corrected chi connectivity index (χ3v) is 4.23. The molecule has 3 heteroatoms. The lowest BCUT2D eigenvalue weighted by atomic mass is 9.88. The molecule has 1 aliphatic rings. The summed E-state index contributed by atoms with van der Waals surface area (Å²) in [7, 11) is 0. The predicted octanol–water partition coefficient (Wildman–Crippen LogP) is 2.96. The second-order valence-corrected chi connectivity index (χ2v) is 5.83. The van der Waals surface area contributed by atoms with Crippen molar-refractivity contribution in [1.82, 2.24) is 4.90 Å². The van der Waals surface area contributed by atoms with Crippen molar-refractivity contribution in [3.05, 3.63) is 29.8 Å². The Labute approximate surface area is 116 Å². The fourth-order valence-corrected chi connectivity index (χ4v) is 2.84. The average Bonchev–Trinajstić information content (AvgIpc) is 2.94. The number of benzene rings is 1. The minimum Gasteiger partial charge on any atom is -0.494 e. The van der Waals surface area contributed by atoms with Crippen molar-refractivity contribution in [2.75, 3.05) is 19.7 Å². The normalized spacial score (nSPS) is 18.5. The highest BCUT2D eigenvalue weighted by Crippen LogP contribution is 2.32. The molecule has 106 valence electrons. The van der Waals surface area contributed by atoms with E-state index in [4.69, 9.17) is 10.5 Å². The lowest BCUT2D eigenvalue weighted by Gasteiger charge is -2.40. The summed E-state index contributed by atoms with van der Waals surface area (Å²) in [6.07, 6.45) is 2.58. The van der Waals surface area contributed by atoms with Crippen LogP contribution in [0.25, 0.3) is 0 Å². The first-order valence-electron chi connectivity index (χ1n) is 7.29. The van der Waals surface area contributed by atoms with Gasteiger partial charge in [0.2, 0.25) is 0 Å². The van der Waals surface area contributed by atoms with Crippen LogP contribution in [-0.4, -0.2) is 30.1 Å². The van der Waals surface area contributed by atoms with Crippen molar-refractivity contribution < 1.29 is 4.74 Å². The summed E-state index contributed by atoms with van der Waals surface area (Å²) in [6.45, 7) is 9.52. The maximum atomic E-state index is 6.49. The van der Waals surface area contributed by atoms with E-state index in [1.807, 2.05) is 19.1 Å². The van der Waals surface area contributed by atoms with Gasteiger partial charge in [0.15, 0.2) is 0 Å². The van der Waals surface area contributed by atoms with Gasteiger partial charge in [0.25, 0.3) is 0 Å². The molecule has 2 N–H and O–H groups in total. The van der Waals surface area contributed by atoms with Crippen LogP contribution < -0.4 is 10.5 Å². The monoisotopic (exact) mass is 262 g/mol. The molecule has 0 spiro atoms. The molecule has 0 saturated carbocycles. The predicted molar refractivity (Wildman–Crippen MR) is 79.4 cm³/mol. The summed E-state index contributed by atoms with van der Waals surface area (Å²) < 4.78 is 5.47. The van der Waals surface area contributed by atoms with Gasteiger partial charge in [0.1, 0.15) is 5.75 Å². The molecule has 3 nitrogen and oxygen atoms in total. The van der Waals surface area contributed by atoms with E-state index < -0.39 is 0 Å². The van der Waals surface area contributed by atoms with E-state index in [2.05, 4.69) is 30.9 Å². The first-order chi connectivity index (χ1) is 9.05. The maximum Gasteiger partial charge on any atom is 0.119 e. The fourth-order valence-electron chi connectivity index (χ4n) is 2.84. The Kier molecular flexibility index (Phi) is 4.48. The molecule has 0 aromatic heterocycles. The second kappa shape index (κ2) is 5.93. The number of hydrogen-bond donors (Lipinski definition) is 1. The largest absolute Gasteiger partial charge is 0.494 e. The Morgan fingerprint density at radius 2 is 1.79 bits per heavy atom. The van der Waals surface area contributed by atoms with Gasteiger partial charge in [-0.05, 0) is 64.4 Å². The zero-order valence-corrected chi connectivity index (χ0v) is 12.4. The molecular formula is C16H26N2O. The van der Waals surface area contributed by atoms with Crippen molar-refractivity contribution in [2.24, 2.45) is 5.73 Å². The van der Waals surface area contributed by atoms with Crippen LogP contribution in [0.5, 0.6) is 5.75 Å². The summed E-state index contributed by atoms with van der Waals surface area (Å²) >= 11 is 0. The van der Waals surface area contributed by atoms with Crippen LogP contribution in [0.2, 0.25) is 0 Å². The third-order valence-electron chi connectivity index (χ3n) is 4.23. The number of nitrogens with two attached hydrogens (primary N) is 1. The van der Waals surface area contributed by atoms with Crippen LogP contribution in [0.1, 0.15) is 45.2 Å². The van der Waals surface area contributed by atoms with Gasteiger partial charge in [-0.3, -0.25) is 4.90 Å². The summed E-state index contributed by atoms with van der Waals surface area (Å²) in [5.74, 6) is 0.914. The van der Waals surface area contributed by atoms with E-state index in [1.54, 1.807) is 0 Å². The number of ether oxygens (including phenoxy) is 1. The molecule has 1 aliphatic heterocycles. The van der Waals surface area contributed by atoms with Gasteiger partial charge in [-0.2, -0.15) is 0 Å². The number of nitrogens with zero attached hydrogens (tertiary/aromatic N) is 1. The SMILES string of the molecule is CCOc1ccc(C(N)C(C)(C)N2CCCC2)cc1. The van der Waals surface area contributed by atoms with Crippen molar-refractivity contribution in [2.45, 2.75) is 45.2 Å². The highest BCUT2D eigenvalue weighted by atomic mass is 16.5. The Morgan fingerprint density at radius 3 is 2.32 bits per heavy atom. The molecule has 1 saturated heterocycles. The van der Waals surface area contributed by atoms with Crippen molar-refractivity contribution >= 4 is 0 Å². The van der Waals surface area contributed by atoms with Crippen molar-refractivity contribution in [3.63, 3.8) is 0 Å². The highest BCUT2D eigenvalue weighted by Gasteiger charge is 2.35. The summed E-state index contributed by atoms with van der Waals surface area (Å²) in [6, 6.07) is 8.24. The molecule has 0 amide bonds. The molecular weight excluding hydrogens is 236 g/mol. The van der Waals surface area contributed by atoms with Gasteiger partial charge in [-0.25, -0.2) is 0 Å². The number of rotatable bonds is 5. The molecule has 0 aliphatic carbocycles. The van der Waals surface area contributed by atoms with Crippen LogP contribution in [0.15, 0.2) is 24.3 Å². The van der Waals surface area contributed by atoms with E-state index in [9.17, 15) is 0 Å². The van der Waals surface area contributed by atoms with Gasteiger partial charge < -0.3 is 10.5 Å². The molecule has 1 heterocycles. The van der Waals surface area contributed by atoms with Crippen LogP contribution >= 0.6 is 0 Å². The Balaban J connectivity index is 2.11. The minimum atomic E-state index is 0.00360. The first kappa shape index (κ1) is 14.4. The zero-order chi connectivity index (χ0) is 13.9. The molecule has 1 unspecified atom stereocenters. The summed E-state index contributed by atoms with van der Waals surface area (Å²) in [5, 5.41) is 0. The molecule has 1 aromatic rings. The molecule has 1 fully saturated rings. The lowest BCUT2D eigenvalue weighted by molar-refractivity contribution is 0.124. The van der Waals surface area contributed by atoms with Crippen LogP contribution in [0, 0.1) is 0 Å². The molecule has 1 atom stereocenters. The quantitative estimate of drug-likeness (QED) is 0.886. The minimum absolute atomic E-state index is 0.00360. The number of likely N-dealkylation sites (tertiary alicyclic amines) is 1. The first-order valence-corrected chi connectivity index (χ1v) is 7.29.